The zero-order valence-electron chi connectivity index (χ0n) is 13.9. The molecule has 0 spiro atoms. The lowest BCUT2D eigenvalue weighted by Crippen LogP contribution is -2.26. The number of aliphatic carboxylic acids is 1. The molecule has 0 aliphatic rings. The Morgan fingerprint density at radius 3 is 2.43 bits per heavy atom. The summed E-state index contributed by atoms with van der Waals surface area (Å²) in [5.41, 5.74) is 0.997. The lowest BCUT2D eigenvalue weighted by atomic mass is 10.2. The minimum Gasteiger partial charge on any atom is -0.494 e. The van der Waals surface area contributed by atoms with Crippen LogP contribution in [0.3, 0.4) is 0 Å². The highest BCUT2D eigenvalue weighted by Gasteiger charge is 2.13. The summed E-state index contributed by atoms with van der Waals surface area (Å²) in [6.45, 7) is 7.12. The van der Waals surface area contributed by atoms with Crippen LogP contribution in [0.15, 0.2) is 24.3 Å². The van der Waals surface area contributed by atoms with Crippen molar-refractivity contribution in [2.75, 3.05) is 12.4 Å². The molecule has 128 valence electrons. The molecular formula is C17H25NO4S. The molecule has 2 N–H and O–H groups in total. The second-order valence-corrected chi connectivity index (χ2v) is 7.97. The van der Waals surface area contributed by atoms with Crippen LogP contribution >= 0.6 is 11.8 Å². The van der Waals surface area contributed by atoms with E-state index in [4.69, 9.17) is 9.84 Å². The Balaban J connectivity index is 2.28. The molecule has 23 heavy (non-hydrogen) atoms. The molecule has 0 aliphatic carbocycles. The van der Waals surface area contributed by atoms with Crippen molar-refractivity contribution < 1.29 is 19.4 Å². The molecule has 0 atom stereocenters. The summed E-state index contributed by atoms with van der Waals surface area (Å²) in [5.74, 6) is 0.367. The van der Waals surface area contributed by atoms with Crippen LogP contribution in [-0.4, -0.2) is 34.1 Å². The van der Waals surface area contributed by atoms with Gasteiger partial charge in [-0.15, -0.1) is 11.8 Å². The molecule has 0 saturated carbocycles. The van der Waals surface area contributed by atoms with Crippen LogP contribution in [0.25, 0.3) is 0 Å². The highest BCUT2D eigenvalue weighted by Crippen LogP contribution is 2.22. The molecule has 0 fully saturated rings. The fourth-order valence-electron chi connectivity index (χ4n) is 1.65. The monoisotopic (exact) mass is 339 g/mol. The zero-order valence-corrected chi connectivity index (χ0v) is 14.7. The van der Waals surface area contributed by atoms with Crippen LogP contribution < -0.4 is 10.1 Å². The van der Waals surface area contributed by atoms with Gasteiger partial charge in [0.2, 0.25) is 5.91 Å². The summed E-state index contributed by atoms with van der Waals surface area (Å²) in [7, 11) is 0. The van der Waals surface area contributed by atoms with Crippen LogP contribution in [-0.2, 0) is 16.1 Å². The van der Waals surface area contributed by atoms with E-state index in [0.29, 0.717) is 31.1 Å². The number of rotatable bonds is 9. The quantitative estimate of drug-likeness (QED) is 0.676. The molecular weight excluding hydrogens is 314 g/mol. The van der Waals surface area contributed by atoms with Gasteiger partial charge in [-0.3, -0.25) is 9.59 Å². The van der Waals surface area contributed by atoms with Gasteiger partial charge in [0.05, 0.1) is 12.4 Å². The third kappa shape index (κ3) is 9.84. The van der Waals surface area contributed by atoms with Crippen molar-refractivity contribution in [1.82, 2.24) is 5.32 Å². The molecule has 1 amide bonds. The van der Waals surface area contributed by atoms with Crippen molar-refractivity contribution in [3.63, 3.8) is 0 Å². The van der Waals surface area contributed by atoms with Crippen LogP contribution in [0.2, 0.25) is 0 Å². The van der Waals surface area contributed by atoms with Gasteiger partial charge in [0.1, 0.15) is 5.75 Å². The van der Waals surface area contributed by atoms with E-state index in [1.807, 2.05) is 24.3 Å². The standard InChI is InChI=1S/C17H25NO4S/c1-17(2,3)23-12-15(19)18-11-13-6-8-14(9-7-13)22-10-4-5-16(20)21/h6-9H,4-5,10-12H2,1-3H3,(H,18,19)(H,20,21). The third-order valence-electron chi connectivity index (χ3n) is 2.85. The minimum absolute atomic E-state index is 0.0268. The molecule has 6 heteroatoms. The summed E-state index contributed by atoms with van der Waals surface area (Å²) in [5, 5.41) is 11.4. The largest absolute Gasteiger partial charge is 0.494 e. The van der Waals surface area contributed by atoms with Gasteiger partial charge in [0, 0.05) is 17.7 Å². The van der Waals surface area contributed by atoms with E-state index in [2.05, 4.69) is 26.1 Å². The first-order valence-electron chi connectivity index (χ1n) is 7.60. The maximum absolute atomic E-state index is 11.8. The minimum atomic E-state index is -0.815. The number of benzene rings is 1. The Morgan fingerprint density at radius 2 is 1.87 bits per heavy atom. The van der Waals surface area contributed by atoms with Crippen LogP contribution in [0.4, 0.5) is 0 Å². The number of carboxylic acid groups (broad SMARTS) is 1. The van der Waals surface area contributed by atoms with Crippen molar-refractivity contribution in [2.24, 2.45) is 0 Å². The van der Waals surface area contributed by atoms with Gasteiger partial charge < -0.3 is 15.2 Å². The number of thioether (sulfide) groups is 1. The van der Waals surface area contributed by atoms with E-state index in [9.17, 15) is 9.59 Å². The van der Waals surface area contributed by atoms with Gasteiger partial charge >= 0.3 is 5.97 Å². The second-order valence-electron chi connectivity index (χ2n) is 6.17. The average molecular weight is 339 g/mol. The van der Waals surface area contributed by atoms with Gasteiger partial charge in [-0.2, -0.15) is 0 Å². The predicted octanol–water partition coefficient (Wildman–Crippen LogP) is 3.08. The Kier molecular flexibility index (Phi) is 7.95. The van der Waals surface area contributed by atoms with Gasteiger partial charge in [-0.05, 0) is 24.1 Å². The Hall–Kier alpha value is -1.69. The number of carboxylic acids is 1. The fourth-order valence-corrected chi connectivity index (χ4v) is 2.32. The number of ether oxygens (including phenoxy) is 1. The predicted molar refractivity (Wildman–Crippen MR) is 92.9 cm³/mol. The van der Waals surface area contributed by atoms with E-state index < -0.39 is 5.97 Å². The topological polar surface area (TPSA) is 75.6 Å². The van der Waals surface area contributed by atoms with Gasteiger partial charge in [-0.1, -0.05) is 32.9 Å². The van der Waals surface area contributed by atoms with Crippen molar-refractivity contribution in [3.05, 3.63) is 29.8 Å². The van der Waals surface area contributed by atoms with Crippen LogP contribution in [0, 0.1) is 0 Å². The molecule has 0 heterocycles. The molecule has 0 unspecified atom stereocenters. The van der Waals surface area contributed by atoms with E-state index in [0.717, 1.165) is 5.56 Å². The van der Waals surface area contributed by atoms with E-state index in [-0.39, 0.29) is 17.1 Å². The van der Waals surface area contributed by atoms with E-state index in [1.165, 1.54) is 0 Å². The highest BCUT2D eigenvalue weighted by molar-refractivity contribution is 8.01. The smallest absolute Gasteiger partial charge is 0.303 e. The number of hydrogen-bond donors (Lipinski definition) is 2. The zero-order chi connectivity index (χ0) is 17.3. The van der Waals surface area contributed by atoms with Gasteiger partial charge in [0.15, 0.2) is 0 Å². The van der Waals surface area contributed by atoms with E-state index >= 15 is 0 Å². The lowest BCUT2D eigenvalue weighted by Gasteiger charge is -2.17. The fraction of sp³-hybridized carbons (Fsp3) is 0.529. The maximum Gasteiger partial charge on any atom is 0.303 e. The molecule has 0 aromatic heterocycles. The summed E-state index contributed by atoms with van der Waals surface area (Å²) >= 11 is 1.62. The molecule has 0 saturated heterocycles. The first-order chi connectivity index (χ1) is 10.8. The summed E-state index contributed by atoms with van der Waals surface area (Å²) in [4.78, 5) is 22.1. The average Bonchev–Trinajstić information content (AvgIpc) is 2.47. The van der Waals surface area contributed by atoms with Crippen molar-refractivity contribution in [2.45, 2.75) is 44.9 Å². The van der Waals surface area contributed by atoms with E-state index in [1.54, 1.807) is 11.8 Å². The first kappa shape index (κ1) is 19.4. The number of carbonyl (C=O) groups excluding carboxylic acids is 1. The number of carbonyl (C=O) groups is 2. The molecule has 1 aromatic rings. The molecule has 0 bridgehead atoms. The molecule has 0 radical (unpaired) electrons. The lowest BCUT2D eigenvalue weighted by molar-refractivity contribution is -0.137. The molecule has 5 nitrogen and oxygen atoms in total. The molecule has 0 aliphatic heterocycles. The summed E-state index contributed by atoms with van der Waals surface area (Å²) in [6.07, 6.45) is 0.593. The third-order valence-corrected chi connectivity index (χ3v) is 4.13. The Labute approximate surface area is 141 Å². The van der Waals surface area contributed by atoms with Crippen molar-refractivity contribution in [3.8, 4) is 5.75 Å². The number of amides is 1. The second kappa shape index (κ2) is 9.45. The highest BCUT2D eigenvalue weighted by atomic mass is 32.2. The summed E-state index contributed by atoms with van der Waals surface area (Å²) < 4.78 is 5.54. The van der Waals surface area contributed by atoms with Crippen molar-refractivity contribution in [1.29, 1.82) is 0 Å². The van der Waals surface area contributed by atoms with Gasteiger partial charge in [-0.25, -0.2) is 0 Å². The summed E-state index contributed by atoms with van der Waals surface area (Å²) in [6, 6.07) is 7.44. The number of hydrogen-bond acceptors (Lipinski definition) is 4. The van der Waals surface area contributed by atoms with Gasteiger partial charge in [0.25, 0.3) is 0 Å². The van der Waals surface area contributed by atoms with Crippen molar-refractivity contribution >= 4 is 23.6 Å². The SMILES string of the molecule is CC(C)(C)SCC(=O)NCc1ccc(OCCCC(=O)O)cc1. The number of nitrogens with one attached hydrogen (secondary N) is 1. The Bertz CT molecular complexity index is 508. The maximum atomic E-state index is 11.8. The molecule has 1 rings (SSSR count). The Morgan fingerprint density at radius 1 is 1.22 bits per heavy atom. The van der Waals surface area contributed by atoms with Crippen LogP contribution in [0.1, 0.15) is 39.2 Å². The van der Waals surface area contributed by atoms with Crippen LogP contribution in [0.5, 0.6) is 5.75 Å². The first-order valence-corrected chi connectivity index (χ1v) is 8.59. The molecule has 1 aromatic carbocycles. The normalized spacial score (nSPS) is 11.1.